The number of piperidine rings is 1. The monoisotopic (exact) mass is 187 g/mol. The van der Waals surface area contributed by atoms with E-state index >= 15 is 0 Å². The maximum Gasteiger partial charge on any atom is 0.0322 e. The van der Waals surface area contributed by atoms with Crippen LogP contribution in [0.4, 0.5) is 0 Å². The van der Waals surface area contributed by atoms with Gasteiger partial charge in [-0.2, -0.15) is 0 Å². The highest BCUT2D eigenvalue weighted by Gasteiger charge is 2.48. The van der Waals surface area contributed by atoms with Crippen LogP contribution in [0.25, 0.3) is 0 Å². The van der Waals surface area contributed by atoms with Gasteiger partial charge in [-0.05, 0) is 37.8 Å². The predicted octanol–water partition coefficient (Wildman–Crippen LogP) is 2.84. The van der Waals surface area contributed by atoms with Crippen LogP contribution >= 0.6 is 0 Å². The van der Waals surface area contributed by atoms with Crippen molar-refractivity contribution in [1.29, 1.82) is 0 Å². The van der Waals surface area contributed by atoms with Crippen molar-refractivity contribution in [2.24, 2.45) is 5.92 Å². The molecule has 1 heterocycles. The third-order valence-electron chi connectivity index (χ3n) is 3.85. The number of nitrogens with zero attached hydrogens (tertiary/aromatic N) is 1. The highest BCUT2D eigenvalue weighted by molar-refractivity contribution is 5.20. The Morgan fingerprint density at radius 1 is 1.29 bits per heavy atom. The summed E-state index contributed by atoms with van der Waals surface area (Å²) in [6, 6.07) is 12.4. The summed E-state index contributed by atoms with van der Waals surface area (Å²) in [6.45, 7) is 3.65. The van der Waals surface area contributed by atoms with Crippen LogP contribution in [0.1, 0.15) is 31.4 Å². The second kappa shape index (κ2) is 3.09. The molecule has 1 nitrogen and oxygen atoms in total. The Kier molecular flexibility index (Phi) is 1.88. The summed E-state index contributed by atoms with van der Waals surface area (Å²) < 4.78 is 0. The number of rotatable bonds is 2. The normalized spacial score (nSPS) is 32.6. The summed E-state index contributed by atoms with van der Waals surface area (Å²) >= 11 is 0. The largest absolute Gasteiger partial charge is 0.293 e. The summed E-state index contributed by atoms with van der Waals surface area (Å²) in [7, 11) is 0. The molecule has 1 saturated heterocycles. The molecule has 0 radical (unpaired) electrons. The maximum absolute atomic E-state index is 2.68. The van der Waals surface area contributed by atoms with Crippen LogP contribution in [-0.4, -0.2) is 17.5 Å². The molecule has 0 spiro atoms. The van der Waals surface area contributed by atoms with Gasteiger partial charge in [0.1, 0.15) is 0 Å². The Hall–Kier alpha value is -0.820. The van der Waals surface area contributed by atoms with Crippen LogP contribution in [0.15, 0.2) is 30.3 Å². The first-order chi connectivity index (χ1) is 6.86. The molecule has 3 rings (SSSR count). The van der Waals surface area contributed by atoms with Crippen molar-refractivity contribution in [2.75, 3.05) is 6.54 Å². The molecule has 0 bridgehead atoms. The van der Waals surface area contributed by atoms with Crippen LogP contribution in [0.5, 0.6) is 0 Å². The Balaban J connectivity index is 1.79. The van der Waals surface area contributed by atoms with E-state index in [0.717, 1.165) is 12.0 Å². The first kappa shape index (κ1) is 8.49. The van der Waals surface area contributed by atoms with Gasteiger partial charge < -0.3 is 0 Å². The third kappa shape index (κ3) is 1.27. The highest BCUT2D eigenvalue weighted by atomic mass is 15.2. The van der Waals surface area contributed by atoms with Gasteiger partial charge in [-0.15, -0.1) is 0 Å². The van der Waals surface area contributed by atoms with E-state index in [1.807, 2.05) is 0 Å². The van der Waals surface area contributed by atoms with Gasteiger partial charge in [0, 0.05) is 12.1 Å². The van der Waals surface area contributed by atoms with Crippen LogP contribution in [0.2, 0.25) is 0 Å². The van der Waals surface area contributed by atoms with Crippen molar-refractivity contribution in [3.8, 4) is 0 Å². The minimum atomic E-state index is 0.619. The highest BCUT2D eigenvalue weighted by Crippen LogP contribution is 2.47. The number of hydrogen-bond acceptors (Lipinski definition) is 1. The lowest BCUT2D eigenvalue weighted by molar-refractivity contribution is 0.230. The number of benzene rings is 1. The summed E-state index contributed by atoms with van der Waals surface area (Å²) in [5, 5.41) is 0. The second-order valence-corrected chi connectivity index (χ2v) is 4.68. The van der Waals surface area contributed by atoms with Crippen LogP contribution in [-0.2, 0) is 0 Å². The van der Waals surface area contributed by atoms with Crippen molar-refractivity contribution >= 4 is 0 Å². The van der Waals surface area contributed by atoms with Crippen molar-refractivity contribution in [2.45, 2.75) is 31.8 Å². The number of fused-ring (bicyclic) bond motifs is 1. The molecular weight excluding hydrogens is 170 g/mol. The first-order valence-electron chi connectivity index (χ1n) is 5.67. The summed E-state index contributed by atoms with van der Waals surface area (Å²) in [5.41, 5.74) is 1.47. The molecule has 0 N–H and O–H groups in total. The quantitative estimate of drug-likeness (QED) is 0.688. The van der Waals surface area contributed by atoms with E-state index in [-0.39, 0.29) is 0 Å². The SMILES string of the molecule is C[C@H](c1ccccc1)N1CC[C@H]2C[C@H]21. The minimum absolute atomic E-state index is 0.619. The van der Waals surface area contributed by atoms with E-state index in [1.165, 1.54) is 24.9 Å². The third-order valence-corrected chi connectivity index (χ3v) is 3.85. The van der Waals surface area contributed by atoms with Crippen LogP contribution < -0.4 is 0 Å². The topological polar surface area (TPSA) is 3.24 Å². The Morgan fingerprint density at radius 2 is 2.07 bits per heavy atom. The molecule has 1 aliphatic heterocycles. The standard InChI is InChI=1S/C13H17N/c1-10(11-5-3-2-4-6-11)14-8-7-12-9-13(12)14/h2-6,10,12-13H,7-9H2,1H3/t10-,12+,13-/m1/s1. The van der Waals surface area contributed by atoms with Gasteiger partial charge in [-0.25, -0.2) is 0 Å². The summed E-state index contributed by atoms with van der Waals surface area (Å²) in [5.74, 6) is 1.04. The van der Waals surface area contributed by atoms with Crippen molar-refractivity contribution in [3.63, 3.8) is 0 Å². The molecule has 0 aromatic heterocycles. The fourth-order valence-corrected chi connectivity index (χ4v) is 2.83. The van der Waals surface area contributed by atoms with E-state index in [2.05, 4.69) is 42.2 Å². The minimum Gasteiger partial charge on any atom is -0.293 e. The number of hydrogen-bond donors (Lipinski definition) is 0. The van der Waals surface area contributed by atoms with E-state index in [1.54, 1.807) is 0 Å². The number of likely N-dealkylation sites (tertiary alicyclic amines) is 1. The average Bonchev–Trinajstić information content (AvgIpc) is 2.91. The molecule has 1 saturated carbocycles. The maximum atomic E-state index is 2.68. The molecule has 2 fully saturated rings. The molecule has 74 valence electrons. The molecule has 14 heavy (non-hydrogen) atoms. The van der Waals surface area contributed by atoms with Gasteiger partial charge in [0.2, 0.25) is 0 Å². The van der Waals surface area contributed by atoms with Crippen LogP contribution in [0, 0.1) is 5.92 Å². The average molecular weight is 187 g/mol. The molecule has 0 unspecified atom stereocenters. The fraction of sp³-hybridized carbons (Fsp3) is 0.538. The summed E-state index contributed by atoms with van der Waals surface area (Å²) in [6.07, 6.45) is 2.89. The van der Waals surface area contributed by atoms with Crippen LogP contribution in [0.3, 0.4) is 0 Å². The molecule has 0 amide bonds. The Morgan fingerprint density at radius 3 is 2.64 bits per heavy atom. The van der Waals surface area contributed by atoms with Gasteiger partial charge >= 0.3 is 0 Å². The molecule has 2 aliphatic rings. The first-order valence-corrected chi connectivity index (χ1v) is 5.67. The molecule has 1 heteroatoms. The van der Waals surface area contributed by atoms with Gasteiger partial charge in [-0.1, -0.05) is 30.3 Å². The zero-order chi connectivity index (χ0) is 9.54. The van der Waals surface area contributed by atoms with E-state index in [0.29, 0.717) is 6.04 Å². The van der Waals surface area contributed by atoms with Crippen molar-refractivity contribution in [1.82, 2.24) is 4.90 Å². The van der Waals surface area contributed by atoms with Gasteiger partial charge in [0.15, 0.2) is 0 Å². The zero-order valence-electron chi connectivity index (χ0n) is 8.69. The molecule has 3 atom stereocenters. The van der Waals surface area contributed by atoms with Gasteiger partial charge in [0.25, 0.3) is 0 Å². The molecule has 1 aromatic carbocycles. The van der Waals surface area contributed by atoms with Gasteiger partial charge in [-0.3, -0.25) is 4.90 Å². The van der Waals surface area contributed by atoms with Crippen molar-refractivity contribution < 1.29 is 0 Å². The van der Waals surface area contributed by atoms with E-state index < -0.39 is 0 Å². The molecule has 1 aromatic rings. The predicted molar refractivity (Wildman–Crippen MR) is 58.1 cm³/mol. The van der Waals surface area contributed by atoms with E-state index in [4.69, 9.17) is 0 Å². The molecule has 1 aliphatic carbocycles. The Labute approximate surface area is 85.7 Å². The lowest BCUT2D eigenvalue weighted by atomic mass is 10.1. The van der Waals surface area contributed by atoms with Crippen molar-refractivity contribution in [3.05, 3.63) is 35.9 Å². The fourth-order valence-electron chi connectivity index (χ4n) is 2.83. The second-order valence-electron chi connectivity index (χ2n) is 4.68. The zero-order valence-corrected chi connectivity index (χ0v) is 8.69. The smallest absolute Gasteiger partial charge is 0.0322 e. The Bertz CT molecular complexity index is 319. The van der Waals surface area contributed by atoms with E-state index in [9.17, 15) is 0 Å². The van der Waals surface area contributed by atoms with Gasteiger partial charge in [0.05, 0.1) is 0 Å². The molecular formula is C13H17N. The lowest BCUT2D eigenvalue weighted by Gasteiger charge is -2.26. The summed E-state index contributed by atoms with van der Waals surface area (Å²) in [4.78, 5) is 2.68. The lowest BCUT2D eigenvalue weighted by Crippen LogP contribution is -2.26.